The highest BCUT2D eigenvalue weighted by molar-refractivity contribution is 9.10. The van der Waals surface area contributed by atoms with E-state index < -0.39 is 0 Å². The third-order valence-electron chi connectivity index (χ3n) is 2.88. The zero-order chi connectivity index (χ0) is 14.0. The van der Waals surface area contributed by atoms with Crippen LogP contribution in [0.1, 0.15) is 20.8 Å². The Kier molecular flexibility index (Phi) is 4.27. The molecular formula is C14H14BrNO2S. The largest absolute Gasteiger partial charge is 0.507 e. The summed E-state index contributed by atoms with van der Waals surface area (Å²) in [6.07, 6.45) is 0. The number of hydrogen-bond donors (Lipinski definition) is 1. The van der Waals surface area contributed by atoms with Gasteiger partial charge in [-0.05, 0) is 42.1 Å². The molecule has 1 aromatic heterocycles. The predicted molar refractivity (Wildman–Crippen MR) is 80.7 cm³/mol. The molecular weight excluding hydrogens is 326 g/mol. The van der Waals surface area contributed by atoms with Crippen LogP contribution in [0, 0.1) is 6.92 Å². The van der Waals surface area contributed by atoms with Crippen LogP contribution < -0.4 is 0 Å². The lowest BCUT2D eigenvalue weighted by atomic mass is 10.1. The van der Waals surface area contributed by atoms with Crippen molar-refractivity contribution in [3.63, 3.8) is 0 Å². The number of thiophene rings is 1. The highest BCUT2D eigenvalue weighted by atomic mass is 79.9. The number of benzene rings is 1. The van der Waals surface area contributed by atoms with Gasteiger partial charge in [0.2, 0.25) is 0 Å². The highest BCUT2D eigenvalue weighted by Crippen LogP contribution is 2.24. The smallest absolute Gasteiger partial charge is 0.257 e. The molecule has 1 amide bonds. The second kappa shape index (κ2) is 5.75. The van der Waals surface area contributed by atoms with E-state index in [9.17, 15) is 9.90 Å². The SMILES string of the molecule is Cc1ccsc1CN(C)C(=O)c1cc(Br)ccc1O. The number of nitrogens with zero attached hydrogens (tertiary/aromatic N) is 1. The van der Waals surface area contributed by atoms with Crippen molar-refractivity contribution in [2.75, 3.05) is 7.05 Å². The quantitative estimate of drug-likeness (QED) is 0.923. The lowest BCUT2D eigenvalue weighted by Gasteiger charge is -2.17. The van der Waals surface area contributed by atoms with Crippen LogP contribution in [-0.4, -0.2) is 23.0 Å². The third kappa shape index (κ3) is 3.16. The molecule has 0 spiro atoms. The number of amides is 1. The van der Waals surface area contributed by atoms with E-state index >= 15 is 0 Å². The summed E-state index contributed by atoms with van der Waals surface area (Å²) >= 11 is 4.94. The molecule has 100 valence electrons. The second-order valence-electron chi connectivity index (χ2n) is 4.35. The van der Waals surface area contributed by atoms with E-state index in [1.54, 1.807) is 35.4 Å². The summed E-state index contributed by atoms with van der Waals surface area (Å²) in [5.41, 5.74) is 1.49. The number of rotatable bonds is 3. The van der Waals surface area contributed by atoms with Crippen molar-refractivity contribution >= 4 is 33.2 Å². The van der Waals surface area contributed by atoms with Crippen molar-refractivity contribution in [1.29, 1.82) is 0 Å². The van der Waals surface area contributed by atoms with Crippen LogP contribution in [0.25, 0.3) is 0 Å². The zero-order valence-corrected chi connectivity index (χ0v) is 13.1. The van der Waals surface area contributed by atoms with Crippen molar-refractivity contribution < 1.29 is 9.90 Å². The molecule has 2 aromatic rings. The van der Waals surface area contributed by atoms with Crippen LogP contribution >= 0.6 is 27.3 Å². The minimum Gasteiger partial charge on any atom is -0.507 e. The molecule has 0 saturated carbocycles. The summed E-state index contributed by atoms with van der Waals surface area (Å²) in [7, 11) is 1.74. The number of phenols is 1. The van der Waals surface area contributed by atoms with E-state index in [1.807, 2.05) is 18.4 Å². The van der Waals surface area contributed by atoms with Gasteiger partial charge in [0.25, 0.3) is 5.91 Å². The third-order valence-corrected chi connectivity index (χ3v) is 4.39. The topological polar surface area (TPSA) is 40.5 Å². The van der Waals surface area contributed by atoms with Crippen LogP contribution in [0.5, 0.6) is 5.75 Å². The first-order chi connectivity index (χ1) is 8.99. The summed E-state index contributed by atoms with van der Waals surface area (Å²) in [6.45, 7) is 2.58. The molecule has 2 rings (SSSR count). The summed E-state index contributed by atoms with van der Waals surface area (Å²) in [6, 6.07) is 6.89. The zero-order valence-electron chi connectivity index (χ0n) is 10.7. The Hall–Kier alpha value is -1.33. The van der Waals surface area contributed by atoms with Crippen LogP contribution in [0.2, 0.25) is 0 Å². The van der Waals surface area contributed by atoms with Gasteiger partial charge in [0, 0.05) is 16.4 Å². The molecule has 0 bridgehead atoms. The van der Waals surface area contributed by atoms with Crippen molar-refractivity contribution in [1.82, 2.24) is 4.90 Å². The second-order valence-corrected chi connectivity index (χ2v) is 6.27. The van der Waals surface area contributed by atoms with Gasteiger partial charge in [-0.1, -0.05) is 15.9 Å². The first kappa shape index (κ1) is 14.1. The lowest BCUT2D eigenvalue weighted by molar-refractivity contribution is 0.0783. The average Bonchev–Trinajstić information content (AvgIpc) is 2.77. The highest BCUT2D eigenvalue weighted by Gasteiger charge is 2.17. The van der Waals surface area contributed by atoms with Crippen molar-refractivity contribution in [3.8, 4) is 5.75 Å². The Bertz CT molecular complexity index is 609. The van der Waals surface area contributed by atoms with E-state index in [4.69, 9.17) is 0 Å². The van der Waals surface area contributed by atoms with Gasteiger partial charge in [0.1, 0.15) is 5.75 Å². The Balaban J connectivity index is 2.19. The van der Waals surface area contributed by atoms with Gasteiger partial charge in [0.05, 0.1) is 12.1 Å². The molecule has 0 aliphatic carbocycles. The van der Waals surface area contributed by atoms with Crippen LogP contribution in [-0.2, 0) is 6.54 Å². The van der Waals surface area contributed by atoms with E-state index in [0.717, 1.165) is 9.35 Å². The summed E-state index contributed by atoms with van der Waals surface area (Å²) in [5, 5.41) is 11.8. The first-order valence-corrected chi connectivity index (χ1v) is 7.43. The van der Waals surface area contributed by atoms with Crippen molar-refractivity contribution in [3.05, 3.63) is 50.1 Å². The molecule has 3 nitrogen and oxygen atoms in total. The molecule has 1 heterocycles. The Morgan fingerprint density at radius 1 is 1.42 bits per heavy atom. The van der Waals surface area contributed by atoms with Gasteiger partial charge in [-0.2, -0.15) is 0 Å². The summed E-state index contributed by atoms with van der Waals surface area (Å²) < 4.78 is 0.773. The predicted octanol–water partition coefficient (Wildman–Crippen LogP) is 3.80. The molecule has 1 N–H and O–H groups in total. The number of aryl methyl sites for hydroxylation is 1. The maximum Gasteiger partial charge on any atom is 0.257 e. The number of phenolic OH excluding ortho intramolecular Hbond substituents is 1. The van der Waals surface area contributed by atoms with Crippen LogP contribution in [0.15, 0.2) is 34.1 Å². The summed E-state index contributed by atoms with van der Waals surface area (Å²) in [4.78, 5) is 15.1. The average molecular weight is 340 g/mol. The molecule has 0 saturated heterocycles. The molecule has 19 heavy (non-hydrogen) atoms. The van der Waals surface area contributed by atoms with Gasteiger partial charge < -0.3 is 10.0 Å². The van der Waals surface area contributed by atoms with Crippen molar-refractivity contribution in [2.24, 2.45) is 0 Å². The first-order valence-electron chi connectivity index (χ1n) is 5.76. The Labute approximate surface area is 124 Å². The van der Waals surface area contributed by atoms with Gasteiger partial charge in [-0.25, -0.2) is 0 Å². The fraction of sp³-hybridized carbons (Fsp3) is 0.214. The molecule has 0 radical (unpaired) electrons. The molecule has 0 aliphatic heterocycles. The molecule has 1 aromatic carbocycles. The number of carbonyl (C=O) groups is 1. The van der Waals surface area contributed by atoms with Gasteiger partial charge in [0.15, 0.2) is 0 Å². The fourth-order valence-electron chi connectivity index (χ4n) is 1.74. The fourth-order valence-corrected chi connectivity index (χ4v) is 3.06. The Morgan fingerprint density at radius 3 is 2.79 bits per heavy atom. The minimum atomic E-state index is -0.188. The van der Waals surface area contributed by atoms with Crippen molar-refractivity contribution in [2.45, 2.75) is 13.5 Å². The molecule has 0 fully saturated rings. The standard InChI is InChI=1S/C14H14BrNO2S/c1-9-5-6-19-13(9)8-16(2)14(18)11-7-10(15)3-4-12(11)17/h3-7,17H,8H2,1-2H3. The van der Waals surface area contributed by atoms with Crippen LogP contribution in [0.4, 0.5) is 0 Å². The molecule has 5 heteroatoms. The van der Waals surface area contributed by atoms with Crippen LogP contribution in [0.3, 0.4) is 0 Å². The maximum absolute atomic E-state index is 12.3. The molecule has 0 unspecified atom stereocenters. The number of halogens is 1. The molecule has 0 atom stereocenters. The van der Waals surface area contributed by atoms with Gasteiger partial charge in [-0.15, -0.1) is 11.3 Å². The van der Waals surface area contributed by atoms with Gasteiger partial charge >= 0.3 is 0 Å². The summed E-state index contributed by atoms with van der Waals surface area (Å²) in [5.74, 6) is -0.186. The van der Waals surface area contributed by atoms with E-state index in [2.05, 4.69) is 15.9 Å². The maximum atomic E-state index is 12.3. The minimum absolute atomic E-state index is 0.00273. The van der Waals surface area contributed by atoms with Gasteiger partial charge in [-0.3, -0.25) is 4.79 Å². The number of carbonyl (C=O) groups excluding carboxylic acids is 1. The number of aromatic hydroxyl groups is 1. The number of hydrogen-bond acceptors (Lipinski definition) is 3. The monoisotopic (exact) mass is 339 g/mol. The lowest BCUT2D eigenvalue weighted by Crippen LogP contribution is -2.26. The Morgan fingerprint density at radius 2 is 2.16 bits per heavy atom. The molecule has 0 aliphatic rings. The normalized spacial score (nSPS) is 10.5. The van der Waals surface area contributed by atoms with E-state index in [-0.39, 0.29) is 11.7 Å². The van der Waals surface area contributed by atoms with E-state index in [1.165, 1.54) is 11.6 Å². The van der Waals surface area contributed by atoms with E-state index in [0.29, 0.717) is 12.1 Å².